The van der Waals surface area contributed by atoms with Crippen molar-refractivity contribution in [2.24, 2.45) is 0 Å². The van der Waals surface area contributed by atoms with E-state index >= 15 is 0 Å². The van der Waals surface area contributed by atoms with E-state index in [1.807, 2.05) is 43.3 Å². The van der Waals surface area contributed by atoms with Gasteiger partial charge in [0.15, 0.2) is 5.78 Å². The monoisotopic (exact) mass is 259 g/mol. The van der Waals surface area contributed by atoms with E-state index in [-0.39, 0.29) is 5.78 Å². The largest absolute Gasteiger partial charge is 0.289 e. The van der Waals surface area contributed by atoms with Gasteiger partial charge in [-0.25, -0.2) is 4.98 Å². The minimum absolute atomic E-state index is 0.0938. The third-order valence-corrected chi connectivity index (χ3v) is 4.10. The number of carbonyl (C=O) groups excluding carboxylic acids is 1. The normalized spacial score (nSPS) is 12.6. The molecule has 20 heavy (non-hydrogen) atoms. The predicted molar refractivity (Wildman–Crippen MR) is 80.1 cm³/mol. The summed E-state index contributed by atoms with van der Waals surface area (Å²) in [5.74, 6) is 0.0938. The van der Waals surface area contributed by atoms with Crippen molar-refractivity contribution in [3.8, 4) is 11.3 Å². The van der Waals surface area contributed by atoms with Crippen molar-refractivity contribution < 1.29 is 4.79 Å². The van der Waals surface area contributed by atoms with Crippen molar-refractivity contribution in [2.45, 2.75) is 13.8 Å². The van der Waals surface area contributed by atoms with Crippen LogP contribution in [0, 0.1) is 13.8 Å². The lowest BCUT2D eigenvalue weighted by Gasteiger charge is -2.05. The summed E-state index contributed by atoms with van der Waals surface area (Å²) >= 11 is 0. The maximum absolute atomic E-state index is 12.6. The lowest BCUT2D eigenvalue weighted by Crippen LogP contribution is -1.96. The van der Waals surface area contributed by atoms with Gasteiger partial charge in [0.1, 0.15) is 0 Å². The predicted octanol–water partition coefficient (Wildman–Crippen LogP) is 4.06. The number of nitrogens with zero attached hydrogens (tertiary/aromatic N) is 1. The highest BCUT2D eigenvalue weighted by molar-refractivity contribution is 6.22. The van der Waals surface area contributed by atoms with E-state index in [0.717, 1.165) is 38.9 Å². The van der Waals surface area contributed by atoms with Gasteiger partial charge in [-0.15, -0.1) is 0 Å². The standard InChI is InChI=1S/C18H13NO/c1-10-7-13-14(8-11(10)2)18(20)15-9-12-5-3-4-6-16(12)19-17(13)15/h3-9H,1-2H3. The number of ketones is 1. The topological polar surface area (TPSA) is 30.0 Å². The average molecular weight is 259 g/mol. The number of hydrogen-bond donors (Lipinski definition) is 0. The molecule has 0 saturated heterocycles. The van der Waals surface area contributed by atoms with Gasteiger partial charge in [-0.05, 0) is 49.2 Å². The summed E-state index contributed by atoms with van der Waals surface area (Å²) in [6.07, 6.45) is 0. The van der Waals surface area contributed by atoms with Crippen LogP contribution >= 0.6 is 0 Å². The Kier molecular flexibility index (Phi) is 2.14. The number of benzene rings is 2. The molecule has 1 heterocycles. The fourth-order valence-corrected chi connectivity index (χ4v) is 2.84. The van der Waals surface area contributed by atoms with Gasteiger partial charge in [0.2, 0.25) is 0 Å². The van der Waals surface area contributed by atoms with Gasteiger partial charge >= 0.3 is 0 Å². The Morgan fingerprint density at radius 2 is 1.55 bits per heavy atom. The van der Waals surface area contributed by atoms with Crippen LogP contribution in [0.4, 0.5) is 0 Å². The van der Waals surface area contributed by atoms with E-state index < -0.39 is 0 Å². The number of hydrogen-bond acceptors (Lipinski definition) is 2. The van der Waals surface area contributed by atoms with Crippen LogP contribution in [0.2, 0.25) is 0 Å². The summed E-state index contributed by atoms with van der Waals surface area (Å²) in [4.78, 5) is 17.3. The van der Waals surface area contributed by atoms with E-state index in [1.165, 1.54) is 5.56 Å². The zero-order chi connectivity index (χ0) is 13.9. The third kappa shape index (κ3) is 1.39. The summed E-state index contributed by atoms with van der Waals surface area (Å²) in [7, 11) is 0. The average Bonchev–Trinajstić information content (AvgIpc) is 2.71. The van der Waals surface area contributed by atoms with Crippen LogP contribution in [-0.4, -0.2) is 10.8 Å². The molecule has 2 nitrogen and oxygen atoms in total. The second-order valence-electron chi connectivity index (χ2n) is 5.39. The fraction of sp³-hybridized carbons (Fsp3) is 0.111. The molecule has 96 valence electrons. The highest BCUT2D eigenvalue weighted by atomic mass is 16.1. The molecular formula is C18H13NO. The molecule has 0 spiro atoms. The molecule has 0 aliphatic heterocycles. The van der Waals surface area contributed by atoms with E-state index in [0.29, 0.717) is 0 Å². The molecule has 4 rings (SSSR count). The van der Waals surface area contributed by atoms with Crippen molar-refractivity contribution in [3.63, 3.8) is 0 Å². The first-order valence-corrected chi connectivity index (χ1v) is 6.71. The first kappa shape index (κ1) is 11.4. The van der Waals surface area contributed by atoms with Gasteiger partial charge in [-0.3, -0.25) is 4.79 Å². The Balaban J connectivity index is 2.10. The van der Waals surface area contributed by atoms with Crippen LogP contribution in [0.25, 0.3) is 22.2 Å². The summed E-state index contributed by atoms with van der Waals surface area (Å²) in [5.41, 5.74) is 6.58. The second kappa shape index (κ2) is 3.76. The molecule has 2 heteroatoms. The van der Waals surface area contributed by atoms with Crippen LogP contribution in [0.5, 0.6) is 0 Å². The van der Waals surface area contributed by atoms with Crippen molar-refractivity contribution in [1.82, 2.24) is 4.98 Å². The molecule has 1 aromatic heterocycles. The van der Waals surface area contributed by atoms with Crippen molar-refractivity contribution in [3.05, 3.63) is 64.7 Å². The molecule has 0 saturated carbocycles. The smallest absolute Gasteiger partial charge is 0.195 e. The van der Waals surface area contributed by atoms with Crippen LogP contribution in [0.15, 0.2) is 42.5 Å². The lowest BCUT2D eigenvalue weighted by atomic mass is 10.0. The van der Waals surface area contributed by atoms with Gasteiger partial charge in [-0.1, -0.05) is 18.2 Å². The molecule has 1 aliphatic rings. The molecular weight excluding hydrogens is 246 g/mol. The number of rotatable bonds is 0. The fourth-order valence-electron chi connectivity index (χ4n) is 2.84. The molecule has 3 aromatic rings. The Morgan fingerprint density at radius 1 is 0.850 bits per heavy atom. The third-order valence-electron chi connectivity index (χ3n) is 4.10. The van der Waals surface area contributed by atoms with E-state index in [4.69, 9.17) is 4.98 Å². The number of carbonyl (C=O) groups is 1. The highest BCUT2D eigenvalue weighted by Gasteiger charge is 2.28. The van der Waals surface area contributed by atoms with Crippen LogP contribution < -0.4 is 0 Å². The maximum Gasteiger partial charge on any atom is 0.195 e. The van der Waals surface area contributed by atoms with Crippen LogP contribution in [0.1, 0.15) is 27.0 Å². The SMILES string of the molecule is Cc1cc2c(cc1C)-c1nc3ccccc3cc1C2=O. The molecule has 2 aromatic carbocycles. The first-order valence-electron chi connectivity index (χ1n) is 6.71. The second-order valence-corrected chi connectivity index (χ2v) is 5.39. The molecule has 0 amide bonds. The highest BCUT2D eigenvalue weighted by Crippen LogP contribution is 2.38. The molecule has 0 radical (unpaired) electrons. The number of fused-ring (bicyclic) bond motifs is 4. The molecule has 0 unspecified atom stereocenters. The molecule has 0 fully saturated rings. The summed E-state index contributed by atoms with van der Waals surface area (Å²) in [5, 5.41) is 1.01. The van der Waals surface area contributed by atoms with Gasteiger partial charge in [-0.2, -0.15) is 0 Å². The Hall–Kier alpha value is -2.48. The van der Waals surface area contributed by atoms with E-state index in [2.05, 4.69) is 13.0 Å². The zero-order valence-corrected chi connectivity index (χ0v) is 11.4. The van der Waals surface area contributed by atoms with Crippen LogP contribution in [-0.2, 0) is 0 Å². The molecule has 0 atom stereocenters. The number of aromatic nitrogens is 1. The summed E-state index contributed by atoms with van der Waals surface area (Å²) in [6, 6.07) is 14.0. The number of aryl methyl sites for hydroxylation is 2. The van der Waals surface area contributed by atoms with Crippen molar-refractivity contribution in [2.75, 3.05) is 0 Å². The zero-order valence-electron chi connectivity index (χ0n) is 11.4. The minimum atomic E-state index is 0.0938. The molecule has 0 N–H and O–H groups in total. The van der Waals surface area contributed by atoms with Crippen molar-refractivity contribution in [1.29, 1.82) is 0 Å². The van der Waals surface area contributed by atoms with Gasteiger partial charge in [0, 0.05) is 22.1 Å². The van der Waals surface area contributed by atoms with Gasteiger partial charge in [0.05, 0.1) is 11.2 Å². The quantitative estimate of drug-likeness (QED) is 0.476. The lowest BCUT2D eigenvalue weighted by molar-refractivity contribution is 0.104. The van der Waals surface area contributed by atoms with E-state index in [9.17, 15) is 4.79 Å². The minimum Gasteiger partial charge on any atom is -0.289 e. The van der Waals surface area contributed by atoms with Crippen molar-refractivity contribution >= 4 is 16.7 Å². The maximum atomic E-state index is 12.6. The molecule has 1 aliphatic carbocycles. The molecule has 0 bridgehead atoms. The Bertz CT molecular complexity index is 893. The summed E-state index contributed by atoms with van der Waals surface area (Å²) in [6.45, 7) is 4.11. The Morgan fingerprint density at radius 3 is 2.35 bits per heavy atom. The number of para-hydroxylation sites is 1. The van der Waals surface area contributed by atoms with Crippen LogP contribution in [0.3, 0.4) is 0 Å². The Labute approximate surface area is 117 Å². The van der Waals surface area contributed by atoms with E-state index in [1.54, 1.807) is 0 Å². The van der Waals surface area contributed by atoms with Gasteiger partial charge in [0.25, 0.3) is 0 Å². The van der Waals surface area contributed by atoms with Gasteiger partial charge < -0.3 is 0 Å². The number of pyridine rings is 1. The summed E-state index contributed by atoms with van der Waals surface area (Å²) < 4.78 is 0. The first-order chi connectivity index (χ1) is 9.65.